The van der Waals surface area contributed by atoms with E-state index < -0.39 is 22.0 Å². The highest BCUT2D eigenvalue weighted by atomic mass is 32.2. The Hall–Kier alpha value is -2.87. The lowest BCUT2D eigenvalue weighted by Crippen LogP contribution is -2.54. The summed E-state index contributed by atoms with van der Waals surface area (Å²) < 4.78 is 26.8. The lowest BCUT2D eigenvalue weighted by Gasteiger charge is -2.34. The number of amides is 2. The van der Waals surface area contributed by atoms with E-state index in [2.05, 4.69) is 5.32 Å². The van der Waals surface area contributed by atoms with Crippen molar-refractivity contribution in [1.82, 2.24) is 10.2 Å². The van der Waals surface area contributed by atoms with E-state index >= 15 is 0 Å². The number of hydrogen-bond donors (Lipinski definition) is 1. The maximum atomic E-state index is 13.7. The van der Waals surface area contributed by atoms with Crippen LogP contribution in [0, 0.1) is 13.8 Å². The van der Waals surface area contributed by atoms with Crippen molar-refractivity contribution in [1.29, 1.82) is 0 Å². The molecule has 192 valence electrons. The number of nitrogens with one attached hydrogen (secondary N) is 1. The van der Waals surface area contributed by atoms with Gasteiger partial charge in [0.25, 0.3) is 0 Å². The summed E-state index contributed by atoms with van der Waals surface area (Å²) >= 11 is 0. The number of hydrogen-bond acceptors (Lipinski definition) is 4. The number of carbonyl (C=O) groups excluding carboxylic acids is 2. The van der Waals surface area contributed by atoms with Crippen molar-refractivity contribution in [2.45, 2.75) is 66.0 Å². The molecule has 0 heterocycles. The number of nitrogens with zero attached hydrogens (tertiary/aromatic N) is 2. The molecular weight excluding hydrogens is 462 g/mol. The van der Waals surface area contributed by atoms with E-state index in [1.54, 1.807) is 0 Å². The minimum absolute atomic E-state index is 0.0234. The Kier molecular flexibility index (Phi) is 10.3. The number of rotatable bonds is 12. The molecule has 0 bridgehead atoms. The summed E-state index contributed by atoms with van der Waals surface area (Å²) in [5, 5.41) is 2.98. The predicted octanol–water partition coefficient (Wildman–Crippen LogP) is 3.83. The van der Waals surface area contributed by atoms with Gasteiger partial charge in [-0.25, -0.2) is 8.42 Å². The van der Waals surface area contributed by atoms with Gasteiger partial charge in [0.2, 0.25) is 21.8 Å². The average Bonchev–Trinajstić information content (AvgIpc) is 2.80. The van der Waals surface area contributed by atoms with E-state index in [1.807, 2.05) is 83.1 Å². The van der Waals surface area contributed by atoms with E-state index in [4.69, 9.17) is 0 Å². The highest BCUT2D eigenvalue weighted by molar-refractivity contribution is 7.92. The quantitative estimate of drug-likeness (QED) is 0.479. The minimum atomic E-state index is -3.75. The Morgan fingerprint density at radius 1 is 0.943 bits per heavy atom. The summed E-state index contributed by atoms with van der Waals surface area (Å²) in [6, 6.07) is 14.5. The first-order chi connectivity index (χ1) is 16.5. The smallest absolute Gasteiger partial charge is 0.244 e. The second kappa shape index (κ2) is 12.7. The molecule has 0 radical (unpaired) electrons. The number of sulfonamides is 1. The van der Waals surface area contributed by atoms with Crippen LogP contribution in [-0.4, -0.2) is 56.6 Å². The van der Waals surface area contributed by atoms with Crippen molar-refractivity contribution in [3.8, 4) is 0 Å². The van der Waals surface area contributed by atoms with Crippen LogP contribution in [0.4, 0.5) is 5.69 Å². The molecule has 2 atom stereocenters. The molecular formula is C27H39N3O4S. The van der Waals surface area contributed by atoms with Gasteiger partial charge >= 0.3 is 0 Å². The molecule has 2 aromatic carbocycles. The van der Waals surface area contributed by atoms with Crippen LogP contribution in [0.2, 0.25) is 0 Å². The van der Waals surface area contributed by atoms with Crippen LogP contribution in [0.1, 0.15) is 50.3 Å². The van der Waals surface area contributed by atoms with Crippen molar-refractivity contribution in [3.63, 3.8) is 0 Å². The predicted molar refractivity (Wildman–Crippen MR) is 142 cm³/mol. The van der Waals surface area contributed by atoms with Crippen LogP contribution < -0.4 is 9.62 Å². The van der Waals surface area contributed by atoms with Gasteiger partial charge < -0.3 is 10.2 Å². The molecule has 35 heavy (non-hydrogen) atoms. The average molecular weight is 502 g/mol. The van der Waals surface area contributed by atoms with Gasteiger partial charge in [-0.05, 0) is 56.7 Å². The molecule has 1 N–H and O–H groups in total. The van der Waals surface area contributed by atoms with Crippen molar-refractivity contribution < 1.29 is 18.0 Å². The largest absolute Gasteiger partial charge is 0.352 e. The molecule has 0 aliphatic heterocycles. The molecule has 2 amide bonds. The second-order valence-corrected chi connectivity index (χ2v) is 11.0. The zero-order chi connectivity index (χ0) is 26.2. The highest BCUT2D eigenvalue weighted by Crippen LogP contribution is 2.27. The van der Waals surface area contributed by atoms with Crippen molar-refractivity contribution in [2.75, 3.05) is 23.7 Å². The van der Waals surface area contributed by atoms with E-state index in [-0.39, 0.29) is 18.5 Å². The molecule has 8 heteroatoms. The van der Waals surface area contributed by atoms with E-state index in [1.165, 1.54) is 4.90 Å². The van der Waals surface area contributed by atoms with Crippen molar-refractivity contribution in [3.05, 3.63) is 65.2 Å². The summed E-state index contributed by atoms with van der Waals surface area (Å²) in [6.07, 6.45) is 2.86. The fourth-order valence-electron chi connectivity index (χ4n) is 4.11. The molecule has 0 aromatic heterocycles. The Labute approximate surface area is 210 Å². The van der Waals surface area contributed by atoms with E-state index in [9.17, 15) is 18.0 Å². The summed E-state index contributed by atoms with van der Waals surface area (Å²) in [4.78, 5) is 28.4. The van der Waals surface area contributed by atoms with Crippen LogP contribution in [0.3, 0.4) is 0 Å². The van der Waals surface area contributed by atoms with Crippen LogP contribution in [0.25, 0.3) is 0 Å². The molecule has 0 saturated carbocycles. The first kappa shape index (κ1) is 28.4. The van der Waals surface area contributed by atoms with Crippen LogP contribution in [0.5, 0.6) is 0 Å². The SMILES string of the molecule is CC[C@H](C(=O)N[C@@H](C)CC)N(CCc1ccccc1)C(=O)CN(c1c(C)cccc1C)S(C)(=O)=O. The van der Waals surface area contributed by atoms with Crippen molar-refractivity contribution in [2.24, 2.45) is 0 Å². The maximum absolute atomic E-state index is 13.7. The van der Waals surface area contributed by atoms with E-state index in [0.717, 1.165) is 33.7 Å². The second-order valence-electron chi connectivity index (χ2n) is 9.07. The summed E-state index contributed by atoms with van der Waals surface area (Å²) in [6.45, 7) is 9.36. The van der Waals surface area contributed by atoms with Gasteiger partial charge in [-0.1, -0.05) is 62.4 Å². The summed E-state index contributed by atoms with van der Waals surface area (Å²) in [5.74, 6) is -0.624. The molecule has 2 rings (SSSR count). The Bertz CT molecular complexity index is 1080. The Morgan fingerprint density at radius 3 is 2.06 bits per heavy atom. The van der Waals surface area contributed by atoms with Crippen molar-refractivity contribution >= 4 is 27.5 Å². The zero-order valence-corrected chi connectivity index (χ0v) is 22.6. The van der Waals surface area contributed by atoms with Crippen LogP contribution >= 0.6 is 0 Å². The standard InChI is InChI=1S/C27H39N3O4S/c1-7-22(5)28-27(32)24(8-2)29(18-17-23-15-10-9-11-16-23)25(31)19-30(35(6,33)34)26-20(3)13-12-14-21(26)4/h9-16,22,24H,7-8,17-19H2,1-6H3,(H,28,32)/t22-,24+/m0/s1. The normalized spacial score (nSPS) is 13.1. The third-order valence-electron chi connectivity index (χ3n) is 6.24. The Balaban J connectivity index is 2.42. The number of anilines is 1. The fraction of sp³-hybridized carbons (Fsp3) is 0.481. The number of carbonyl (C=O) groups is 2. The third kappa shape index (κ3) is 7.82. The zero-order valence-electron chi connectivity index (χ0n) is 21.7. The minimum Gasteiger partial charge on any atom is -0.352 e. The lowest BCUT2D eigenvalue weighted by atomic mass is 10.1. The number of aryl methyl sites for hydroxylation is 2. The van der Waals surface area contributed by atoms with Crippen LogP contribution in [0.15, 0.2) is 48.5 Å². The topological polar surface area (TPSA) is 86.8 Å². The molecule has 0 aliphatic carbocycles. The van der Waals surface area contributed by atoms with Crippen LogP contribution in [-0.2, 0) is 26.0 Å². The number of benzene rings is 2. The summed E-state index contributed by atoms with van der Waals surface area (Å²) in [5.41, 5.74) is 3.07. The van der Waals surface area contributed by atoms with Gasteiger partial charge in [-0.15, -0.1) is 0 Å². The van der Waals surface area contributed by atoms with Gasteiger partial charge in [-0.2, -0.15) is 0 Å². The molecule has 7 nitrogen and oxygen atoms in total. The molecule has 2 aromatic rings. The monoisotopic (exact) mass is 501 g/mol. The highest BCUT2D eigenvalue weighted by Gasteiger charge is 2.32. The third-order valence-corrected chi connectivity index (χ3v) is 7.35. The first-order valence-electron chi connectivity index (χ1n) is 12.2. The van der Waals surface area contributed by atoms with Gasteiger partial charge in [-0.3, -0.25) is 13.9 Å². The van der Waals surface area contributed by atoms with Gasteiger partial charge in [0, 0.05) is 12.6 Å². The summed E-state index contributed by atoms with van der Waals surface area (Å²) in [7, 11) is -3.75. The van der Waals surface area contributed by atoms with Gasteiger partial charge in [0.15, 0.2) is 0 Å². The van der Waals surface area contributed by atoms with Gasteiger partial charge in [0.05, 0.1) is 11.9 Å². The molecule has 0 spiro atoms. The first-order valence-corrected chi connectivity index (χ1v) is 14.0. The molecule has 0 fully saturated rings. The lowest BCUT2D eigenvalue weighted by molar-refractivity contribution is -0.139. The van der Waals surface area contributed by atoms with E-state index in [0.29, 0.717) is 25.1 Å². The molecule has 0 aliphatic rings. The molecule has 0 saturated heterocycles. The fourth-order valence-corrected chi connectivity index (χ4v) is 5.08. The molecule has 0 unspecified atom stereocenters. The maximum Gasteiger partial charge on any atom is 0.244 e. The van der Waals surface area contributed by atoms with Gasteiger partial charge in [0.1, 0.15) is 12.6 Å². The Morgan fingerprint density at radius 2 is 1.54 bits per heavy atom. The number of para-hydroxylation sites is 1.